The Balaban J connectivity index is 2.09. The molecule has 0 saturated carbocycles. The highest BCUT2D eigenvalue weighted by molar-refractivity contribution is 7.09. The molecule has 6 nitrogen and oxygen atoms in total. The lowest BCUT2D eigenvalue weighted by atomic mass is 10.6. The zero-order valence-corrected chi connectivity index (χ0v) is 11.9. The highest BCUT2D eigenvalue weighted by Crippen LogP contribution is 2.14. The summed E-state index contributed by atoms with van der Waals surface area (Å²) in [6.45, 7) is 2.54. The fraction of sp³-hybridized carbons (Fsp3) is 0.400. The van der Waals surface area contributed by atoms with Gasteiger partial charge in [-0.3, -0.25) is 0 Å². The Morgan fingerprint density at radius 3 is 2.67 bits per heavy atom. The molecule has 2 aromatic heterocycles. The minimum absolute atomic E-state index is 0.173. The minimum Gasteiger partial charge on any atom is -0.348 e. The number of aryl methyl sites for hydroxylation is 1. The van der Waals surface area contributed by atoms with Gasteiger partial charge in [-0.05, 0) is 18.5 Å². The molecule has 0 radical (unpaired) electrons. The molecule has 0 bridgehead atoms. The van der Waals surface area contributed by atoms with E-state index in [1.807, 2.05) is 26.4 Å². The first-order chi connectivity index (χ1) is 8.54. The predicted molar refractivity (Wildman–Crippen MR) is 73.3 cm³/mol. The summed E-state index contributed by atoms with van der Waals surface area (Å²) in [7, 11) is 3.69. The highest BCUT2D eigenvalue weighted by Gasteiger charge is 2.07. The molecule has 0 aliphatic carbocycles. The Morgan fingerprint density at radius 1 is 1.28 bits per heavy atom. The van der Waals surface area contributed by atoms with Gasteiger partial charge in [0.2, 0.25) is 17.2 Å². The molecule has 0 unspecified atom stereocenters. The van der Waals surface area contributed by atoms with Crippen molar-refractivity contribution in [1.82, 2.24) is 19.9 Å². The molecule has 0 fully saturated rings. The second-order valence-corrected chi connectivity index (χ2v) is 5.14. The molecule has 2 heterocycles. The van der Waals surface area contributed by atoms with E-state index >= 15 is 0 Å². The Labute approximate surface area is 114 Å². The maximum absolute atomic E-state index is 5.84. The largest absolute Gasteiger partial charge is 0.348 e. The van der Waals surface area contributed by atoms with E-state index in [0.29, 0.717) is 18.4 Å². The average Bonchev–Trinajstić information content (AvgIpc) is 2.72. The van der Waals surface area contributed by atoms with Crippen molar-refractivity contribution >= 4 is 34.8 Å². The number of rotatable bonds is 4. The van der Waals surface area contributed by atoms with Crippen LogP contribution < -0.4 is 10.2 Å². The van der Waals surface area contributed by atoms with Gasteiger partial charge in [0.25, 0.3) is 0 Å². The average molecular weight is 285 g/mol. The fourth-order valence-corrected chi connectivity index (χ4v) is 2.12. The van der Waals surface area contributed by atoms with Crippen molar-refractivity contribution in [3.63, 3.8) is 0 Å². The van der Waals surface area contributed by atoms with Crippen molar-refractivity contribution in [3.8, 4) is 0 Å². The number of hydrogen-bond donors (Lipinski definition) is 1. The maximum atomic E-state index is 5.84. The Hall–Kier alpha value is -1.47. The van der Waals surface area contributed by atoms with Crippen molar-refractivity contribution in [2.24, 2.45) is 0 Å². The van der Waals surface area contributed by atoms with E-state index in [4.69, 9.17) is 11.6 Å². The highest BCUT2D eigenvalue weighted by atomic mass is 35.5. The van der Waals surface area contributed by atoms with Crippen LogP contribution in [0.15, 0.2) is 5.38 Å². The molecule has 0 amide bonds. The van der Waals surface area contributed by atoms with Gasteiger partial charge in [0.15, 0.2) is 0 Å². The summed E-state index contributed by atoms with van der Waals surface area (Å²) in [6.07, 6.45) is 0. The SMILES string of the molecule is Cc1csc(CNc2nc(Cl)nc(N(C)C)n2)n1. The maximum Gasteiger partial charge on any atom is 0.230 e. The normalized spacial score (nSPS) is 10.4. The van der Waals surface area contributed by atoms with E-state index in [2.05, 4.69) is 25.3 Å². The van der Waals surface area contributed by atoms with Crippen molar-refractivity contribution in [2.75, 3.05) is 24.3 Å². The van der Waals surface area contributed by atoms with E-state index < -0.39 is 0 Å². The molecule has 1 N–H and O–H groups in total. The lowest BCUT2D eigenvalue weighted by Crippen LogP contribution is -2.15. The van der Waals surface area contributed by atoms with Gasteiger partial charge in [-0.15, -0.1) is 11.3 Å². The number of halogens is 1. The van der Waals surface area contributed by atoms with Crippen molar-refractivity contribution in [2.45, 2.75) is 13.5 Å². The summed E-state index contributed by atoms with van der Waals surface area (Å²) in [4.78, 5) is 18.4. The van der Waals surface area contributed by atoms with Crippen LogP contribution in [-0.4, -0.2) is 34.0 Å². The molecule has 18 heavy (non-hydrogen) atoms. The molecule has 2 aromatic rings. The van der Waals surface area contributed by atoms with Crippen LogP contribution in [0.5, 0.6) is 0 Å². The van der Waals surface area contributed by atoms with E-state index in [1.54, 1.807) is 16.2 Å². The summed E-state index contributed by atoms with van der Waals surface area (Å²) in [5, 5.41) is 6.24. The standard InChI is InChI=1S/C10H13ClN6S/c1-6-5-18-7(13-6)4-12-9-14-8(11)15-10(16-9)17(2)3/h5H,4H2,1-3H3,(H,12,14,15,16). The molecular weight excluding hydrogens is 272 g/mol. The third-order valence-corrected chi connectivity index (χ3v) is 3.20. The topological polar surface area (TPSA) is 66.8 Å². The summed E-state index contributed by atoms with van der Waals surface area (Å²) >= 11 is 7.43. The van der Waals surface area contributed by atoms with Crippen molar-refractivity contribution < 1.29 is 0 Å². The number of anilines is 2. The quantitative estimate of drug-likeness (QED) is 0.926. The fourth-order valence-electron chi connectivity index (χ4n) is 1.26. The second-order valence-electron chi connectivity index (χ2n) is 3.86. The lowest BCUT2D eigenvalue weighted by Gasteiger charge is -2.11. The van der Waals surface area contributed by atoms with E-state index in [0.717, 1.165) is 10.7 Å². The molecule has 0 spiro atoms. The van der Waals surface area contributed by atoms with Gasteiger partial charge in [-0.25, -0.2) is 4.98 Å². The van der Waals surface area contributed by atoms with Crippen molar-refractivity contribution in [3.05, 3.63) is 21.4 Å². The van der Waals surface area contributed by atoms with E-state index in [1.165, 1.54) is 0 Å². The van der Waals surface area contributed by atoms with Crippen LogP contribution in [-0.2, 0) is 6.54 Å². The summed E-state index contributed by atoms with van der Waals surface area (Å²) in [5.74, 6) is 0.972. The van der Waals surface area contributed by atoms with Gasteiger partial charge in [0, 0.05) is 25.2 Å². The van der Waals surface area contributed by atoms with Crippen LogP contribution in [0, 0.1) is 6.92 Å². The first-order valence-corrected chi connectivity index (χ1v) is 6.54. The van der Waals surface area contributed by atoms with Crippen molar-refractivity contribution in [1.29, 1.82) is 0 Å². The lowest BCUT2D eigenvalue weighted by molar-refractivity contribution is 0.938. The Kier molecular flexibility index (Phi) is 3.93. The number of nitrogens with one attached hydrogen (secondary N) is 1. The number of hydrogen-bond acceptors (Lipinski definition) is 7. The van der Waals surface area contributed by atoms with Crippen LogP contribution in [0.2, 0.25) is 5.28 Å². The Morgan fingerprint density at radius 2 is 2.06 bits per heavy atom. The minimum atomic E-state index is 0.173. The molecule has 0 aliphatic heterocycles. The van der Waals surface area contributed by atoms with Gasteiger partial charge in [-0.2, -0.15) is 15.0 Å². The zero-order chi connectivity index (χ0) is 13.1. The molecule has 0 aromatic carbocycles. The summed E-state index contributed by atoms with van der Waals surface area (Å²) < 4.78 is 0. The van der Waals surface area contributed by atoms with E-state index in [-0.39, 0.29) is 5.28 Å². The smallest absolute Gasteiger partial charge is 0.230 e. The van der Waals surface area contributed by atoms with E-state index in [9.17, 15) is 0 Å². The number of aromatic nitrogens is 4. The monoisotopic (exact) mass is 284 g/mol. The molecule has 0 aliphatic rings. The van der Waals surface area contributed by atoms with Gasteiger partial charge >= 0.3 is 0 Å². The number of nitrogens with zero attached hydrogens (tertiary/aromatic N) is 5. The molecular formula is C10H13ClN6S. The van der Waals surface area contributed by atoms with Crippen LogP contribution in [0.25, 0.3) is 0 Å². The van der Waals surface area contributed by atoms with Crippen LogP contribution >= 0.6 is 22.9 Å². The molecule has 2 rings (SSSR count). The zero-order valence-electron chi connectivity index (χ0n) is 10.3. The first kappa shape index (κ1) is 13.0. The summed E-state index contributed by atoms with van der Waals surface area (Å²) in [6, 6.07) is 0. The summed E-state index contributed by atoms with van der Waals surface area (Å²) in [5.41, 5.74) is 1.01. The molecule has 0 atom stereocenters. The predicted octanol–water partition coefficient (Wildman–Crippen LogP) is 1.97. The molecule has 0 saturated heterocycles. The number of thiazole rings is 1. The van der Waals surface area contributed by atoms with Gasteiger partial charge < -0.3 is 10.2 Å². The van der Waals surface area contributed by atoms with Crippen LogP contribution in [0.1, 0.15) is 10.7 Å². The second kappa shape index (κ2) is 5.45. The molecule has 96 valence electrons. The van der Waals surface area contributed by atoms with Gasteiger partial charge in [0.05, 0.1) is 6.54 Å². The third-order valence-electron chi connectivity index (χ3n) is 2.06. The third kappa shape index (κ3) is 3.27. The van der Waals surface area contributed by atoms with Crippen LogP contribution in [0.3, 0.4) is 0 Å². The van der Waals surface area contributed by atoms with Gasteiger partial charge in [0.1, 0.15) is 5.01 Å². The Bertz CT molecular complexity index is 541. The van der Waals surface area contributed by atoms with Crippen LogP contribution in [0.4, 0.5) is 11.9 Å². The first-order valence-electron chi connectivity index (χ1n) is 5.28. The molecule has 8 heteroatoms. The van der Waals surface area contributed by atoms with Gasteiger partial charge in [-0.1, -0.05) is 0 Å².